The summed E-state index contributed by atoms with van der Waals surface area (Å²) in [6, 6.07) is 12.6. The van der Waals surface area contributed by atoms with Crippen LogP contribution < -0.4 is 0 Å². The fourth-order valence-corrected chi connectivity index (χ4v) is 3.72. The third-order valence-electron chi connectivity index (χ3n) is 3.43. The number of aromatic nitrogens is 2. The number of hydrogen-bond donors (Lipinski definition) is 0. The first-order valence-corrected chi connectivity index (χ1v) is 8.05. The third kappa shape index (κ3) is 2.10. The van der Waals surface area contributed by atoms with Crippen LogP contribution in [0.1, 0.15) is 0 Å². The lowest BCUT2D eigenvalue weighted by Crippen LogP contribution is -1.86. The average Bonchev–Trinajstić information content (AvgIpc) is 3.04. The van der Waals surface area contributed by atoms with E-state index in [0.29, 0.717) is 0 Å². The molecule has 4 aromatic rings. The fraction of sp³-hybridized carbons (Fsp3) is 0. The normalized spacial score (nSPS) is 11.3. The van der Waals surface area contributed by atoms with E-state index in [1.807, 2.05) is 28.8 Å². The monoisotopic (exact) mass is 373 g/mol. The molecule has 0 fully saturated rings. The summed E-state index contributed by atoms with van der Waals surface area (Å²) in [6.07, 6.45) is 2.02. The second kappa shape index (κ2) is 4.89. The minimum absolute atomic E-state index is 0.0976. The Morgan fingerprint density at radius 3 is 2.68 bits per heavy atom. The van der Waals surface area contributed by atoms with Crippen LogP contribution in [-0.4, -0.2) is 14.3 Å². The molecule has 2 aromatic heterocycles. The maximum Gasteiger partial charge on any atom is 0.269 e. The van der Waals surface area contributed by atoms with Gasteiger partial charge in [-0.25, -0.2) is 4.98 Å². The topological polar surface area (TPSA) is 60.4 Å². The summed E-state index contributed by atoms with van der Waals surface area (Å²) in [7, 11) is 0. The van der Waals surface area contributed by atoms with Crippen LogP contribution in [0.4, 0.5) is 5.69 Å². The number of non-ortho nitro benzene ring substituents is 1. The highest BCUT2D eigenvalue weighted by Crippen LogP contribution is 2.32. The van der Waals surface area contributed by atoms with Gasteiger partial charge in [0.1, 0.15) is 0 Å². The summed E-state index contributed by atoms with van der Waals surface area (Å²) in [6.45, 7) is 0. The maximum atomic E-state index is 10.7. The molecule has 0 radical (unpaired) electrons. The van der Waals surface area contributed by atoms with E-state index in [1.54, 1.807) is 23.5 Å². The van der Waals surface area contributed by atoms with Crippen LogP contribution in [0.3, 0.4) is 0 Å². The lowest BCUT2D eigenvalue weighted by molar-refractivity contribution is -0.384. The van der Waals surface area contributed by atoms with Gasteiger partial charge in [0.05, 0.1) is 20.8 Å². The number of nitrogens with zero attached hydrogens (tertiary/aromatic N) is 3. The lowest BCUT2D eigenvalue weighted by atomic mass is 10.2. The first-order chi connectivity index (χ1) is 10.6. The number of nitro benzene ring substituents is 1. The van der Waals surface area contributed by atoms with E-state index in [4.69, 9.17) is 0 Å². The summed E-state index contributed by atoms with van der Waals surface area (Å²) in [5.41, 5.74) is 3.03. The van der Waals surface area contributed by atoms with E-state index < -0.39 is 4.92 Å². The molecule has 0 bridgehead atoms. The van der Waals surface area contributed by atoms with Crippen LogP contribution in [0.2, 0.25) is 0 Å². The van der Waals surface area contributed by atoms with E-state index in [0.717, 1.165) is 30.9 Å². The van der Waals surface area contributed by atoms with Crippen molar-refractivity contribution >= 4 is 48.9 Å². The summed E-state index contributed by atoms with van der Waals surface area (Å²) in [4.78, 5) is 16.9. The molecule has 7 heteroatoms. The second-order valence-corrected chi connectivity index (χ2v) is 6.72. The fourth-order valence-electron chi connectivity index (χ4n) is 2.37. The van der Waals surface area contributed by atoms with Crippen molar-refractivity contribution in [2.75, 3.05) is 0 Å². The second-order valence-electron chi connectivity index (χ2n) is 4.80. The molecule has 22 heavy (non-hydrogen) atoms. The highest BCUT2D eigenvalue weighted by Gasteiger charge is 2.11. The number of benzene rings is 2. The molecule has 0 spiro atoms. The van der Waals surface area contributed by atoms with Crippen LogP contribution in [0.15, 0.2) is 53.1 Å². The number of thiazole rings is 1. The minimum Gasteiger partial charge on any atom is -0.290 e. The molecule has 0 N–H and O–H groups in total. The van der Waals surface area contributed by atoms with Crippen LogP contribution in [0, 0.1) is 10.1 Å². The molecule has 0 aliphatic rings. The Morgan fingerprint density at radius 2 is 1.95 bits per heavy atom. The summed E-state index contributed by atoms with van der Waals surface area (Å²) in [5, 5.41) is 10.7. The van der Waals surface area contributed by atoms with E-state index in [1.165, 1.54) is 12.1 Å². The quantitative estimate of drug-likeness (QED) is 0.371. The van der Waals surface area contributed by atoms with Crippen molar-refractivity contribution < 1.29 is 4.92 Å². The van der Waals surface area contributed by atoms with Crippen LogP contribution >= 0.6 is 27.3 Å². The highest BCUT2D eigenvalue weighted by atomic mass is 79.9. The average molecular weight is 374 g/mol. The molecule has 0 saturated carbocycles. The van der Waals surface area contributed by atoms with Gasteiger partial charge in [-0.2, -0.15) is 0 Å². The number of nitro groups is 1. The number of rotatable bonds is 2. The van der Waals surface area contributed by atoms with Gasteiger partial charge in [0.25, 0.3) is 5.69 Å². The predicted molar refractivity (Wildman–Crippen MR) is 90.4 cm³/mol. The first-order valence-electron chi connectivity index (χ1n) is 6.44. The standard InChI is InChI=1S/C15H8BrN3O2S/c16-10-3-6-13-12(7-10)17-15-18(13)8-14(22-15)9-1-4-11(5-2-9)19(20)21/h1-8H. The number of fused-ring (bicyclic) bond motifs is 3. The Labute approximate surface area is 137 Å². The molecule has 0 aliphatic heterocycles. The molecule has 0 aliphatic carbocycles. The van der Waals surface area contributed by atoms with Gasteiger partial charge in [0.15, 0.2) is 4.96 Å². The van der Waals surface area contributed by atoms with Crippen LogP contribution in [0.5, 0.6) is 0 Å². The van der Waals surface area contributed by atoms with E-state index in [9.17, 15) is 10.1 Å². The molecule has 2 aromatic carbocycles. The molecule has 108 valence electrons. The minimum atomic E-state index is -0.392. The lowest BCUT2D eigenvalue weighted by Gasteiger charge is -1.96. The number of halogens is 1. The summed E-state index contributed by atoms with van der Waals surface area (Å²) >= 11 is 5.01. The Bertz CT molecular complexity index is 1020. The zero-order valence-corrected chi connectivity index (χ0v) is 13.5. The zero-order valence-electron chi connectivity index (χ0n) is 11.1. The Morgan fingerprint density at radius 1 is 1.18 bits per heavy atom. The van der Waals surface area contributed by atoms with Crippen LogP contribution in [0.25, 0.3) is 26.4 Å². The Kier molecular flexibility index (Phi) is 2.98. The van der Waals surface area contributed by atoms with E-state index >= 15 is 0 Å². The van der Waals surface area contributed by atoms with Crippen molar-refractivity contribution in [3.05, 3.63) is 63.2 Å². The summed E-state index contributed by atoms with van der Waals surface area (Å²) < 4.78 is 3.05. The van der Waals surface area contributed by atoms with Gasteiger partial charge in [0.2, 0.25) is 0 Å². The first kappa shape index (κ1) is 13.4. The van der Waals surface area contributed by atoms with Crippen molar-refractivity contribution in [1.29, 1.82) is 0 Å². The smallest absolute Gasteiger partial charge is 0.269 e. The predicted octanol–water partition coefficient (Wildman–Crippen LogP) is 4.89. The maximum absolute atomic E-state index is 10.7. The summed E-state index contributed by atoms with van der Waals surface area (Å²) in [5.74, 6) is 0. The van der Waals surface area contributed by atoms with Gasteiger partial charge >= 0.3 is 0 Å². The molecule has 5 nitrogen and oxygen atoms in total. The van der Waals surface area contributed by atoms with Gasteiger partial charge in [-0.1, -0.05) is 27.3 Å². The van der Waals surface area contributed by atoms with E-state index in [2.05, 4.69) is 20.9 Å². The zero-order chi connectivity index (χ0) is 15.3. The van der Waals surface area contributed by atoms with Crippen LogP contribution in [-0.2, 0) is 0 Å². The van der Waals surface area contributed by atoms with Crippen molar-refractivity contribution in [2.24, 2.45) is 0 Å². The van der Waals surface area contributed by atoms with Crippen molar-refractivity contribution in [2.45, 2.75) is 0 Å². The van der Waals surface area contributed by atoms with Gasteiger partial charge in [-0.05, 0) is 35.9 Å². The Balaban J connectivity index is 1.84. The number of imidazole rings is 1. The molecule has 2 heterocycles. The Hall–Kier alpha value is -2.25. The SMILES string of the molecule is O=[N+]([O-])c1ccc(-c2cn3c(nc4cc(Br)ccc43)s2)cc1. The number of hydrogen-bond acceptors (Lipinski definition) is 4. The van der Waals surface area contributed by atoms with Gasteiger partial charge in [-0.15, -0.1) is 0 Å². The molecule has 4 rings (SSSR count). The molecule has 0 saturated heterocycles. The highest BCUT2D eigenvalue weighted by molar-refractivity contribution is 9.10. The van der Waals surface area contributed by atoms with Gasteiger partial charge in [-0.3, -0.25) is 14.5 Å². The van der Waals surface area contributed by atoms with Crippen molar-refractivity contribution in [3.63, 3.8) is 0 Å². The molecule has 0 amide bonds. The molecular weight excluding hydrogens is 366 g/mol. The third-order valence-corrected chi connectivity index (χ3v) is 4.95. The van der Waals surface area contributed by atoms with Gasteiger partial charge < -0.3 is 0 Å². The molecule has 0 unspecified atom stereocenters. The molecular formula is C15H8BrN3O2S. The van der Waals surface area contributed by atoms with Gasteiger partial charge in [0, 0.05) is 22.8 Å². The molecule has 0 atom stereocenters. The largest absolute Gasteiger partial charge is 0.290 e. The van der Waals surface area contributed by atoms with E-state index in [-0.39, 0.29) is 5.69 Å². The van der Waals surface area contributed by atoms with Crippen molar-refractivity contribution in [1.82, 2.24) is 9.38 Å². The van der Waals surface area contributed by atoms with Crippen molar-refractivity contribution in [3.8, 4) is 10.4 Å².